The normalized spacial score (nSPS) is 17.0. The molecule has 0 bridgehead atoms. The van der Waals surface area contributed by atoms with Crippen LogP contribution >= 0.6 is 0 Å². The maximum Gasteiger partial charge on any atom is 0.121 e. The fraction of sp³-hybridized carbons (Fsp3) is 0.654. The molecule has 4 nitrogen and oxygen atoms in total. The molecule has 0 radical (unpaired) electrons. The van der Waals surface area contributed by atoms with Gasteiger partial charge in [-0.25, -0.2) is 0 Å². The van der Waals surface area contributed by atoms with E-state index in [1.165, 1.54) is 37.8 Å². The molecule has 1 aromatic rings. The summed E-state index contributed by atoms with van der Waals surface area (Å²) in [7, 11) is 0. The lowest BCUT2D eigenvalue weighted by molar-refractivity contribution is 0.271. The Morgan fingerprint density at radius 1 is 1.13 bits per heavy atom. The first-order valence-corrected chi connectivity index (χ1v) is 11.7. The van der Waals surface area contributed by atoms with Gasteiger partial charge in [-0.05, 0) is 38.4 Å². The molecular formula is C26H43N3O. The molecule has 1 aromatic carbocycles. The third-order valence-corrected chi connectivity index (χ3v) is 5.59. The molecule has 30 heavy (non-hydrogen) atoms. The van der Waals surface area contributed by atoms with Crippen molar-refractivity contribution in [3.63, 3.8) is 0 Å². The number of likely N-dealkylation sites (N-methyl/N-ethyl adjacent to an activating group) is 1. The zero-order valence-electron chi connectivity index (χ0n) is 19.8. The summed E-state index contributed by atoms with van der Waals surface area (Å²) in [5, 5.41) is 7.93. The zero-order valence-corrected chi connectivity index (χ0v) is 19.8. The van der Waals surface area contributed by atoms with Crippen LogP contribution in [0.15, 0.2) is 36.4 Å². The van der Waals surface area contributed by atoms with Gasteiger partial charge in [0.1, 0.15) is 5.75 Å². The quantitative estimate of drug-likeness (QED) is 0.532. The summed E-state index contributed by atoms with van der Waals surface area (Å²) in [5.41, 5.74) is 2.21. The van der Waals surface area contributed by atoms with Gasteiger partial charge in [-0.15, -0.1) is 0 Å². The van der Waals surface area contributed by atoms with E-state index in [1.54, 1.807) is 0 Å². The van der Waals surface area contributed by atoms with E-state index in [2.05, 4.69) is 48.4 Å². The van der Waals surface area contributed by atoms with E-state index in [1.807, 2.05) is 26.0 Å². The second-order valence-corrected chi connectivity index (χ2v) is 8.39. The van der Waals surface area contributed by atoms with Gasteiger partial charge in [-0.3, -0.25) is 0 Å². The van der Waals surface area contributed by atoms with Crippen molar-refractivity contribution in [3.05, 3.63) is 36.4 Å². The minimum absolute atomic E-state index is 0.486. The van der Waals surface area contributed by atoms with E-state index in [9.17, 15) is 0 Å². The number of benzene rings is 1. The molecule has 0 N–H and O–H groups in total. The molecule has 1 aliphatic heterocycles. The van der Waals surface area contributed by atoms with Gasteiger partial charge < -0.3 is 14.5 Å². The topological polar surface area (TPSA) is 39.5 Å². The molecule has 2 aliphatic rings. The average molecular weight is 414 g/mol. The van der Waals surface area contributed by atoms with Gasteiger partial charge in [-0.2, -0.15) is 5.26 Å². The second-order valence-electron chi connectivity index (χ2n) is 8.39. The molecule has 2 fully saturated rings. The molecule has 1 saturated carbocycles. The Kier molecular flexibility index (Phi) is 13.7. The Morgan fingerprint density at radius 3 is 2.23 bits per heavy atom. The van der Waals surface area contributed by atoms with Crippen LogP contribution in [0.4, 0.5) is 5.69 Å². The van der Waals surface area contributed by atoms with Crippen LogP contribution < -0.4 is 9.64 Å². The lowest BCUT2D eigenvalue weighted by atomic mass is 9.91. The minimum atomic E-state index is 0.486. The highest BCUT2D eigenvalue weighted by molar-refractivity contribution is 5.51. The number of allylic oxidation sites excluding steroid dienone is 1. The molecule has 3 rings (SSSR count). The second kappa shape index (κ2) is 15.8. The third-order valence-electron chi connectivity index (χ3n) is 5.59. The van der Waals surface area contributed by atoms with E-state index in [4.69, 9.17) is 10.00 Å². The van der Waals surface area contributed by atoms with Crippen LogP contribution in [0.3, 0.4) is 0 Å². The van der Waals surface area contributed by atoms with Crippen molar-refractivity contribution in [2.24, 2.45) is 5.92 Å². The van der Waals surface area contributed by atoms with Gasteiger partial charge in [0.05, 0.1) is 19.1 Å². The monoisotopic (exact) mass is 413 g/mol. The maximum atomic E-state index is 7.93. The van der Waals surface area contributed by atoms with Crippen molar-refractivity contribution in [2.45, 2.75) is 66.2 Å². The summed E-state index contributed by atoms with van der Waals surface area (Å²) in [4.78, 5) is 4.93. The van der Waals surface area contributed by atoms with Crippen LogP contribution in [0.25, 0.3) is 0 Å². The first-order valence-electron chi connectivity index (χ1n) is 11.7. The fourth-order valence-corrected chi connectivity index (χ4v) is 3.70. The van der Waals surface area contributed by atoms with E-state index < -0.39 is 0 Å². The van der Waals surface area contributed by atoms with Crippen molar-refractivity contribution < 1.29 is 4.74 Å². The van der Waals surface area contributed by atoms with Gasteiger partial charge in [0, 0.05) is 37.9 Å². The zero-order chi connectivity index (χ0) is 22.2. The number of nitrogens with zero attached hydrogens (tertiary/aromatic N) is 3. The molecule has 0 amide bonds. The highest BCUT2D eigenvalue weighted by Gasteiger charge is 2.15. The van der Waals surface area contributed by atoms with Crippen LogP contribution in [0, 0.1) is 17.2 Å². The van der Waals surface area contributed by atoms with Gasteiger partial charge >= 0.3 is 0 Å². The molecule has 0 aromatic heterocycles. The summed E-state index contributed by atoms with van der Waals surface area (Å²) in [5.74, 6) is 2.01. The van der Waals surface area contributed by atoms with E-state index >= 15 is 0 Å². The lowest BCUT2D eigenvalue weighted by Crippen LogP contribution is -2.46. The molecule has 1 saturated heterocycles. The lowest BCUT2D eigenvalue weighted by Gasteiger charge is -2.35. The molecule has 1 aliphatic carbocycles. The van der Waals surface area contributed by atoms with Crippen LogP contribution in [0.1, 0.15) is 66.2 Å². The number of hydrogen-bond acceptors (Lipinski definition) is 4. The highest BCUT2D eigenvalue weighted by atomic mass is 16.5. The smallest absolute Gasteiger partial charge is 0.121 e. The van der Waals surface area contributed by atoms with E-state index in [0.717, 1.165) is 56.6 Å². The first-order chi connectivity index (χ1) is 14.5. The summed E-state index contributed by atoms with van der Waals surface area (Å²) >= 11 is 0. The Hall–Kier alpha value is -1.99. The van der Waals surface area contributed by atoms with Gasteiger partial charge in [0.15, 0.2) is 0 Å². The Bertz CT molecular complexity index is 623. The number of piperazine rings is 1. The third kappa shape index (κ3) is 11.3. The first kappa shape index (κ1) is 26.0. The molecule has 0 spiro atoms. The van der Waals surface area contributed by atoms with E-state index in [-0.39, 0.29) is 0 Å². The number of nitriles is 1. The van der Waals surface area contributed by atoms with Crippen molar-refractivity contribution in [2.75, 3.05) is 44.2 Å². The van der Waals surface area contributed by atoms with Crippen molar-refractivity contribution >= 4 is 5.69 Å². The number of anilines is 1. The van der Waals surface area contributed by atoms with E-state index in [0.29, 0.717) is 6.42 Å². The van der Waals surface area contributed by atoms with Crippen molar-refractivity contribution in [3.8, 4) is 11.8 Å². The predicted octanol–water partition coefficient (Wildman–Crippen LogP) is 6.29. The van der Waals surface area contributed by atoms with Crippen LogP contribution in [0.5, 0.6) is 5.75 Å². The summed E-state index contributed by atoms with van der Waals surface area (Å²) in [6, 6.07) is 10.4. The summed E-state index contributed by atoms with van der Waals surface area (Å²) < 4.78 is 5.54. The standard InChI is InChI=1S/C14H22N2O.C7H14.C5H7N/c1-3-15-8-10-16(11-9-15)13-6-5-7-14(12-13)17-4-2;1-7-5-3-2-4-6-7;1-5(2)3-4-6/h5-7,12H,3-4,8-11H2,1-2H3;7H,2-6H2,1H3;1,3H2,2H3. The maximum absolute atomic E-state index is 7.93. The predicted molar refractivity (Wildman–Crippen MR) is 129 cm³/mol. The van der Waals surface area contributed by atoms with Gasteiger partial charge in [0.2, 0.25) is 0 Å². The molecule has 168 valence electrons. The number of ether oxygens (including phenoxy) is 1. The van der Waals surface area contributed by atoms with Crippen molar-refractivity contribution in [1.29, 1.82) is 5.26 Å². The highest BCUT2D eigenvalue weighted by Crippen LogP contribution is 2.23. The summed E-state index contributed by atoms with van der Waals surface area (Å²) in [6.07, 6.45) is 7.92. The minimum Gasteiger partial charge on any atom is -0.494 e. The average Bonchev–Trinajstić information content (AvgIpc) is 2.76. The SMILES string of the molecule is C=C(C)CC#N.CC1CCCCC1.CCOc1cccc(N2CCN(CC)CC2)c1. The van der Waals surface area contributed by atoms with Gasteiger partial charge in [0.25, 0.3) is 0 Å². The Labute approximate surface area is 185 Å². The molecular weight excluding hydrogens is 370 g/mol. The number of hydrogen-bond donors (Lipinski definition) is 0. The fourth-order valence-electron chi connectivity index (χ4n) is 3.70. The molecule has 0 unspecified atom stereocenters. The Morgan fingerprint density at radius 2 is 1.80 bits per heavy atom. The largest absolute Gasteiger partial charge is 0.494 e. The summed E-state index contributed by atoms with van der Waals surface area (Å²) in [6.45, 7) is 18.4. The molecule has 0 atom stereocenters. The molecule has 4 heteroatoms. The molecule has 1 heterocycles. The van der Waals surface area contributed by atoms with Crippen LogP contribution in [-0.2, 0) is 0 Å². The van der Waals surface area contributed by atoms with Gasteiger partial charge in [-0.1, -0.05) is 64.2 Å². The van der Waals surface area contributed by atoms with Crippen LogP contribution in [-0.4, -0.2) is 44.2 Å². The number of rotatable bonds is 5. The van der Waals surface area contributed by atoms with Crippen molar-refractivity contribution in [1.82, 2.24) is 4.90 Å². The Balaban J connectivity index is 0.000000285. The van der Waals surface area contributed by atoms with Crippen LogP contribution in [0.2, 0.25) is 0 Å².